The molecule has 0 aliphatic carbocycles. The largest absolute Gasteiger partial charge is 0.455 e. The van der Waals surface area contributed by atoms with Gasteiger partial charge in [0.2, 0.25) is 0 Å². The van der Waals surface area contributed by atoms with Gasteiger partial charge in [-0.2, -0.15) is 0 Å². The Morgan fingerprint density at radius 3 is 2.57 bits per heavy atom. The Kier molecular flexibility index (Phi) is 8.18. The van der Waals surface area contributed by atoms with E-state index in [1.165, 1.54) is 11.8 Å². The van der Waals surface area contributed by atoms with Crippen LogP contribution in [0.4, 0.5) is 4.79 Å². The number of aryl methyl sites for hydroxylation is 1. The zero-order valence-electron chi connectivity index (χ0n) is 13.5. The van der Waals surface area contributed by atoms with Crippen LogP contribution in [0.2, 0.25) is 0 Å². The number of imide groups is 1. The smallest absolute Gasteiger partial charge is 0.321 e. The fourth-order valence-electron chi connectivity index (χ4n) is 1.55. The zero-order valence-corrected chi connectivity index (χ0v) is 14.4. The van der Waals surface area contributed by atoms with Gasteiger partial charge in [-0.3, -0.25) is 14.9 Å². The van der Waals surface area contributed by atoms with E-state index in [1.807, 2.05) is 45.0 Å². The molecule has 0 saturated carbocycles. The normalized spacial score (nSPS) is 10.3. The van der Waals surface area contributed by atoms with Crippen LogP contribution in [0.5, 0.6) is 0 Å². The fraction of sp³-hybridized carbons (Fsp3) is 0.438. The number of hydrogen-bond acceptors (Lipinski definition) is 5. The third kappa shape index (κ3) is 8.25. The van der Waals surface area contributed by atoms with Crippen LogP contribution < -0.4 is 10.6 Å². The van der Waals surface area contributed by atoms with E-state index in [-0.39, 0.29) is 11.7 Å². The Labute approximate surface area is 140 Å². The van der Waals surface area contributed by atoms with Crippen molar-refractivity contribution < 1.29 is 19.1 Å². The number of nitrogens with one attached hydrogen (secondary N) is 2. The van der Waals surface area contributed by atoms with Gasteiger partial charge in [-0.25, -0.2) is 4.79 Å². The first-order valence-electron chi connectivity index (χ1n) is 7.30. The molecule has 0 unspecified atom stereocenters. The molecule has 0 aliphatic rings. The average molecular weight is 338 g/mol. The second-order valence-electron chi connectivity index (χ2n) is 5.37. The molecule has 7 heteroatoms. The van der Waals surface area contributed by atoms with Gasteiger partial charge in [0.15, 0.2) is 6.61 Å². The first kappa shape index (κ1) is 19.0. The number of thioether (sulfide) groups is 1. The van der Waals surface area contributed by atoms with Gasteiger partial charge in [0, 0.05) is 11.4 Å². The van der Waals surface area contributed by atoms with Crippen LogP contribution in [-0.2, 0) is 14.3 Å². The summed E-state index contributed by atoms with van der Waals surface area (Å²) >= 11 is 1.35. The van der Waals surface area contributed by atoms with Crippen molar-refractivity contribution in [1.82, 2.24) is 10.6 Å². The van der Waals surface area contributed by atoms with E-state index < -0.39 is 24.5 Å². The van der Waals surface area contributed by atoms with Crippen molar-refractivity contribution >= 4 is 29.7 Å². The molecule has 1 aromatic carbocycles. The lowest BCUT2D eigenvalue weighted by molar-refractivity contribution is -0.145. The first-order chi connectivity index (χ1) is 10.9. The van der Waals surface area contributed by atoms with Gasteiger partial charge >= 0.3 is 12.0 Å². The molecule has 0 fully saturated rings. The second kappa shape index (κ2) is 9.89. The second-order valence-corrected chi connectivity index (χ2v) is 6.38. The number of benzene rings is 1. The van der Waals surface area contributed by atoms with Crippen LogP contribution in [0.1, 0.15) is 19.4 Å². The molecule has 2 N–H and O–H groups in total. The molecular formula is C16H22N2O4S. The lowest BCUT2D eigenvalue weighted by Crippen LogP contribution is -2.42. The molecule has 23 heavy (non-hydrogen) atoms. The van der Waals surface area contributed by atoms with Crippen molar-refractivity contribution in [3.8, 4) is 0 Å². The average Bonchev–Trinajstić information content (AvgIpc) is 2.50. The van der Waals surface area contributed by atoms with Crippen LogP contribution in [0.3, 0.4) is 0 Å². The molecule has 0 radical (unpaired) electrons. The molecule has 0 saturated heterocycles. The maximum absolute atomic E-state index is 11.6. The summed E-state index contributed by atoms with van der Waals surface area (Å²) in [5, 5.41) is 4.64. The highest BCUT2D eigenvalue weighted by Crippen LogP contribution is 2.21. The lowest BCUT2D eigenvalue weighted by Gasteiger charge is -2.09. The van der Waals surface area contributed by atoms with Crippen molar-refractivity contribution in [3.05, 3.63) is 29.8 Å². The van der Waals surface area contributed by atoms with Gasteiger partial charge in [-0.05, 0) is 24.5 Å². The van der Waals surface area contributed by atoms with Crippen LogP contribution >= 0.6 is 11.8 Å². The van der Waals surface area contributed by atoms with Gasteiger partial charge < -0.3 is 10.1 Å². The maximum Gasteiger partial charge on any atom is 0.321 e. The summed E-state index contributed by atoms with van der Waals surface area (Å²) in [7, 11) is 0. The molecule has 0 spiro atoms. The quantitative estimate of drug-likeness (QED) is 0.587. The molecule has 0 atom stereocenters. The van der Waals surface area contributed by atoms with Crippen LogP contribution in [0, 0.1) is 12.8 Å². The topological polar surface area (TPSA) is 84.5 Å². The number of carbonyl (C=O) groups is 3. The fourth-order valence-corrected chi connectivity index (χ4v) is 2.37. The molecule has 1 rings (SSSR count). The highest BCUT2D eigenvalue weighted by atomic mass is 32.2. The van der Waals surface area contributed by atoms with Crippen molar-refractivity contribution in [1.29, 1.82) is 0 Å². The molecule has 1 aromatic rings. The van der Waals surface area contributed by atoms with Gasteiger partial charge in [0.05, 0.1) is 5.75 Å². The van der Waals surface area contributed by atoms with Crippen molar-refractivity contribution in [2.75, 3.05) is 18.9 Å². The highest BCUT2D eigenvalue weighted by Gasteiger charge is 2.11. The van der Waals surface area contributed by atoms with Crippen molar-refractivity contribution in [2.45, 2.75) is 25.7 Å². The molecule has 0 heterocycles. The van der Waals surface area contributed by atoms with Gasteiger partial charge in [0.1, 0.15) is 0 Å². The first-order valence-corrected chi connectivity index (χ1v) is 8.28. The number of amides is 3. The summed E-state index contributed by atoms with van der Waals surface area (Å²) in [6.45, 7) is 5.83. The number of hydrogen-bond donors (Lipinski definition) is 2. The summed E-state index contributed by atoms with van der Waals surface area (Å²) in [5.74, 6) is -0.763. The standard InChI is InChI=1S/C16H22N2O4S/c1-11(2)8-17-16(21)18-14(19)9-22-15(20)10-23-13-7-5-4-6-12(13)3/h4-7,11H,8-10H2,1-3H3,(H2,17,18,19,21). The van der Waals surface area contributed by atoms with Crippen molar-refractivity contribution in [2.24, 2.45) is 5.92 Å². The van der Waals surface area contributed by atoms with E-state index >= 15 is 0 Å². The lowest BCUT2D eigenvalue weighted by atomic mass is 10.2. The van der Waals surface area contributed by atoms with Crippen molar-refractivity contribution in [3.63, 3.8) is 0 Å². The minimum absolute atomic E-state index is 0.109. The van der Waals surface area contributed by atoms with Gasteiger partial charge in [-0.1, -0.05) is 32.0 Å². The number of rotatable bonds is 7. The zero-order chi connectivity index (χ0) is 17.2. The minimum Gasteiger partial charge on any atom is -0.455 e. The Morgan fingerprint density at radius 2 is 1.91 bits per heavy atom. The summed E-state index contributed by atoms with van der Waals surface area (Å²) in [6, 6.07) is 7.10. The summed E-state index contributed by atoms with van der Waals surface area (Å²) < 4.78 is 4.84. The molecule has 0 aromatic heterocycles. The van der Waals surface area contributed by atoms with E-state index in [0.717, 1.165) is 10.5 Å². The van der Waals surface area contributed by atoms with E-state index in [2.05, 4.69) is 10.6 Å². The minimum atomic E-state index is -0.652. The van der Waals surface area contributed by atoms with E-state index in [4.69, 9.17) is 4.74 Å². The molecule has 0 bridgehead atoms. The van der Waals surface area contributed by atoms with Crippen LogP contribution in [0.25, 0.3) is 0 Å². The number of carbonyl (C=O) groups excluding carboxylic acids is 3. The van der Waals surface area contributed by atoms with Crippen LogP contribution in [0.15, 0.2) is 29.2 Å². The summed E-state index contributed by atoms with van der Waals surface area (Å²) in [5.41, 5.74) is 1.07. The molecule has 0 aliphatic heterocycles. The number of ether oxygens (including phenoxy) is 1. The molecule has 126 valence electrons. The third-order valence-electron chi connectivity index (χ3n) is 2.73. The Morgan fingerprint density at radius 1 is 1.22 bits per heavy atom. The SMILES string of the molecule is Cc1ccccc1SCC(=O)OCC(=O)NC(=O)NCC(C)C. The number of urea groups is 1. The molecule has 3 amide bonds. The predicted molar refractivity (Wildman–Crippen MR) is 89.2 cm³/mol. The van der Waals surface area contributed by atoms with Gasteiger partial charge in [-0.15, -0.1) is 11.8 Å². The van der Waals surface area contributed by atoms with Gasteiger partial charge in [0.25, 0.3) is 5.91 Å². The van der Waals surface area contributed by atoms with E-state index in [0.29, 0.717) is 6.54 Å². The monoisotopic (exact) mass is 338 g/mol. The Hall–Kier alpha value is -2.02. The Balaban J connectivity index is 2.24. The van der Waals surface area contributed by atoms with E-state index in [1.54, 1.807) is 0 Å². The highest BCUT2D eigenvalue weighted by molar-refractivity contribution is 8.00. The summed E-state index contributed by atoms with van der Waals surface area (Å²) in [6.07, 6.45) is 0. The summed E-state index contributed by atoms with van der Waals surface area (Å²) in [4.78, 5) is 35.4. The van der Waals surface area contributed by atoms with E-state index in [9.17, 15) is 14.4 Å². The third-order valence-corrected chi connectivity index (χ3v) is 3.88. The van der Waals surface area contributed by atoms with Crippen LogP contribution in [-0.4, -0.2) is 36.8 Å². The Bertz CT molecular complexity index is 561. The molecule has 6 nitrogen and oxygen atoms in total. The predicted octanol–water partition coefficient (Wildman–Crippen LogP) is 2.11. The number of esters is 1. The maximum atomic E-state index is 11.6. The molecular weight excluding hydrogens is 316 g/mol.